The molecule has 0 saturated carbocycles. The first-order valence-electron chi connectivity index (χ1n) is 7.22. The number of carbonyl (C=O) groups excluding carboxylic acids is 1. The molecule has 0 spiro atoms. The summed E-state index contributed by atoms with van der Waals surface area (Å²) in [5, 5.41) is 2.64. The van der Waals surface area contributed by atoms with E-state index in [4.69, 9.17) is 4.74 Å². The van der Waals surface area contributed by atoms with Crippen molar-refractivity contribution in [2.45, 2.75) is 12.6 Å². The smallest absolute Gasteiger partial charge is 0.422 e. The highest BCUT2D eigenvalue weighted by molar-refractivity contribution is 7.98. The van der Waals surface area contributed by atoms with Gasteiger partial charge in [0, 0.05) is 13.1 Å². The van der Waals surface area contributed by atoms with Crippen molar-refractivity contribution >= 4 is 23.5 Å². The van der Waals surface area contributed by atoms with E-state index in [-0.39, 0.29) is 17.5 Å². The molecule has 128 valence electrons. The van der Waals surface area contributed by atoms with Crippen molar-refractivity contribution in [3.05, 3.63) is 24.3 Å². The van der Waals surface area contributed by atoms with E-state index < -0.39 is 12.8 Å². The SMILES string of the molecule is CSC[C@@H]1CCN(C(=O)Nc2ccccc2OCC(F)(F)F)C1. The van der Waals surface area contributed by atoms with Gasteiger partial charge in [-0.1, -0.05) is 12.1 Å². The first kappa shape index (κ1) is 17.8. The molecule has 4 nitrogen and oxygen atoms in total. The summed E-state index contributed by atoms with van der Waals surface area (Å²) in [4.78, 5) is 13.9. The summed E-state index contributed by atoms with van der Waals surface area (Å²) in [6.07, 6.45) is -1.45. The van der Waals surface area contributed by atoms with Crippen LogP contribution in [-0.2, 0) is 0 Å². The van der Waals surface area contributed by atoms with Crippen LogP contribution in [0.5, 0.6) is 5.75 Å². The van der Waals surface area contributed by atoms with E-state index >= 15 is 0 Å². The van der Waals surface area contributed by atoms with E-state index in [1.807, 2.05) is 6.26 Å². The summed E-state index contributed by atoms with van der Waals surface area (Å²) in [7, 11) is 0. The molecular weight excluding hydrogens is 329 g/mol. The Hall–Kier alpha value is -1.57. The monoisotopic (exact) mass is 348 g/mol. The van der Waals surface area contributed by atoms with E-state index in [0.29, 0.717) is 19.0 Å². The molecule has 23 heavy (non-hydrogen) atoms. The number of urea groups is 1. The first-order chi connectivity index (χ1) is 10.9. The molecule has 1 aliphatic rings. The molecule has 0 radical (unpaired) electrons. The number of carbonyl (C=O) groups is 1. The van der Waals surface area contributed by atoms with Gasteiger partial charge in [-0.25, -0.2) is 4.79 Å². The minimum Gasteiger partial charge on any atom is -0.482 e. The number of nitrogens with one attached hydrogen (secondary N) is 1. The van der Waals surface area contributed by atoms with E-state index in [9.17, 15) is 18.0 Å². The summed E-state index contributed by atoms with van der Waals surface area (Å²) in [6.45, 7) is -0.0692. The van der Waals surface area contributed by atoms with Crippen LogP contribution in [-0.4, -0.2) is 48.8 Å². The number of anilines is 1. The van der Waals surface area contributed by atoms with Crippen molar-refractivity contribution in [3.63, 3.8) is 0 Å². The molecule has 1 aromatic carbocycles. The predicted octanol–water partition coefficient (Wildman–Crippen LogP) is 3.84. The normalized spacial score (nSPS) is 18.1. The molecule has 0 aliphatic carbocycles. The second-order valence-corrected chi connectivity index (χ2v) is 6.30. The third-order valence-corrected chi connectivity index (χ3v) is 4.30. The number of hydrogen-bond acceptors (Lipinski definition) is 3. The summed E-state index contributed by atoms with van der Waals surface area (Å²) in [6, 6.07) is 5.82. The lowest BCUT2D eigenvalue weighted by atomic mass is 10.2. The van der Waals surface area contributed by atoms with E-state index in [0.717, 1.165) is 12.2 Å². The lowest BCUT2D eigenvalue weighted by Gasteiger charge is -2.19. The number of para-hydroxylation sites is 2. The van der Waals surface area contributed by atoms with Gasteiger partial charge in [-0.3, -0.25) is 0 Å². The molecule has 1 atom stereocenters. The number of benzene rings is 1. The fraction of sp³-hybridized carbons (Fsp3) is 0.533. The number of hydrogen-bond donors (Lipinski definition) is 1. The Balaban J connectivity index is 1.96. The number of halogens is 3. The molecule has 2 amide bonds. The first-order valence-corrected chi connectivity index (χ1v) is 8.62. The second kappa shape index (κ2) is 7.81. The van der Waals surface area contributed by atoms with Crippen LogP contribution >= 0.6 is 11.8 Å². The number of thioether (sulfide) groups is 1. The minimum atomic E-state index is -4.42. The third-order valence-electron chi connectivity index (χ3n) is 3.50. The van der Waals surface area contributed by atoms with Crippen molar-refractivity contribution < 1.29 is 22.7 Å². The average Bonchev–Trinajstić information content (AvgIpc) is 2.95. The van der Waals surface area contributed by atoms with Gasteiger partial charge in [0.1, 0.15) is 5.75 Å². The maximum absolute atomic E-state index is 12.3. The van der Waals surface area contributed by atoms with Crippen LogP contribution in [0.1, 0.15) is 6.42 Å². The lowest BCUT2D eigenvalue weighted by molar-refractivity contribution is -0.153. The summed E-state index contributed by atoms with van der Waals surface area (Å²) in [5.74, 6) is 1.47. The number of likely N-dealkylation sites (tertiary alicyclic amines) is 1. The second-order valence-electron chi connectivity index (χ2n) is 5.39. The van der Waals surface area contributed by atoms with Crippen LogP contribution in [0.15, 0.2) is 24.3 Å². The van der Waals surface area contributed by atoms with Gasteiger partial charge in [0.2, 0.25) is 0 Å². The molecule has 1 N–H and O–H groups in total. The van der Waals surface area contributed by atoms with E-state index in [1.54, 1.807) is 28.8 Å². The summed E-state index contributed by atoms with van der Waals surface area (Å²) in [5.41, 5.74) is 0.245. The van der Waals surface area contributed by atoms with Gasteiger partial charge in [0.15, 0.2) is 6.61 Å². The molecule has 0 unspecified atom stereocenters. The van der Waals surface area contributed by atoms with Gasteiger partial charge in [-0.15, -0.1) is 0 Å². The number of ether oxygens (including phenoxy) is 1. The van der Waals surface area contributed by atoms with Gasteiger partial charge in [0.25, 0.3) is 0 Å². The molecule has 0 bridgehead atoms. The number of alkyl halides is 3. The Morgan fingerprint density at radius 1 is 1.43 bits per heavy atom. The van der Waals surface area contributed by atoms with Crippen LogP contribution in [0.25, 0.3) is 0 Å². The standard InChI is InChI=1S/C15H19F3N2O2S/c1-23-9-11-6-7-20(8-11)14(21)19-12-4-2-3-5-13(12)22-10-15(16,17)18/h2-5,11H,6-10H2,1H3,(H,19,21)/t11-/m1/s1. The Kier molecular flexibility index (Phi) is 6.04. The molecule has 1 saturated heterocycles. The molecule has 0 aromatic heterocycles. The molecule has 8 heteroatoms. The van der Waals surface area contributed by atoms with Gasteiger partial charge in [-0.05, 0) is 36.5 Å². The minimum absolute atomic E-state index is 0.0121. The highest BCUT2D eigenvalue weighted by atomic mass is 32.2. The van der Waals surface area contributed by atoms with Crippen LogP contribution in [0.2, 0.25) is 0 Å². The molecule has 1 aromatic rings. The Bertz CT molecular complexity index is 540. The molecular formula is C15H19F3N2O2S. The molecule has 1 aliphatic heterocycles. The van der Waals surface area contributed by atoms with Crippen molar-refractivity contribution in [1.29, 1.82) is 0 Å². The van der Waals surface area contributed by atoms with Crippen molar-refractivity contribution in [2.75, 3.05) is 37.0 Å². The fourth-order valence-corrected chi connectivity index (χ4v) is 3.18. The third kappa shape index (κ3) is 5.53. The van der Waals surface area contributed by atoms with Crippen LogP contribution in [0.3, 0.4) is 0 Å². The Morgan fingerprint density at radius 2 is 2.17 bits per heavy atom. The number of nitrogens with zero attached hydrogens (tertiary/aromatic N) is 1. The summed E-state index contributed by atoms with van der Waals surface area (Å²) >= 11 is 1.74. The van der Waals surface area contributed by atoms with Gasteiger partial charge in [0.05, 0.1) is 5.69 Å². The zero-order valence-corrected chi connectivity index (χ0v) is 13.5. The fourth-order valence-electron chi connectivity index (χ4n) is 2.44. The summed E-state index contributed by atoms with van der Waals surface area (Å²) < 4.78 is 41.6. The van der Waals surface area contributed by atoms with Crippen molar-refractivity contribution in [2.24, 2.45) is 5.92 Å². The number of rotatable bonds is 5. The predicted molar refractivity (Wildman–Crippen MR) is 85.1 cm³/mol. The maximum atomic E-state index is 12.3. The average molecular weight is 348 g/mol. The van der Waals surface area contributed by atoms with Gasteiger partial charge >= 0.3 is 12.2 Å². The molecule has 2 rings (SSSR count). The topological polar surface area (TPSA) is 41.6 Å². The van der Waals surface area contributed by atoms with E-state index in [1.165, 1.54) is 12.1 Å². The molecule has 1 fully saturated rings. The highest BCUT2D eigenvalue weighted by Gasteiger charge is 2.29. The zero-order valence-electron chi connectivity index (χ0n) is 12.7. The van der Waals surface area contributed by atoms with E-state index in [2.05, 4.69) is 5.32 Å². The largest absolute Gasteiger partial charge is 0.482 e. The van der Waals surface area contributed by atoms with Crippen LogP contribution in [0, 0.1) is 5.92 Å². The number of amides is 2. The van der Waals surface area contributed by atoms with Crippen LogP contribution < -0.4 is 10.1 Å². The zero-order chi connectivity index (χ0) is 16.9. The van der Waals surface area contributed by atoms with Crippen molar-refractivity contribution in [3.8, 4) is 5.75 Å². The van der Waals surface area contributed by atoms with Crippen LogP contribution in [0.4, 0.5) is 23.7 Å². The highest BCUT2D eigenvalue weighted by Crippen LogP contribution is 2.27. The quantitative estimate of drug-likeness (QED) is 0.879. The Morgan fingerprint density at radius 3 is 2.87 bits per heavy atom. The lowest BCUT2D eigenvalue weighted by Crippen LogP contribution is -2.33. The van der Waals surface area contributed by atoms with Gasteiger partial charge < -0.3 is 15.0 Å². The maximum Gasteiger partial charge on any atom is 0.422 e. The molecule has 1 heterocycles. The van der Waals surface area contributed by atoms with Gasteiger partial charge in [-0.2, -0.15) is 24.9 Å². The Labute approximate surface area is 137 Å². The van der Waals surface area contributed by atoms with Crippen molar-refractivity contribution in [1.82, 2.24) is 4.90 Å².